The summed E-state index contributed by atoms with van der Waals surface area (Å²) in [6.45, 7) is 3.90. The predicted octanol–water partition coefficient (Wildman–Crippen LogP) is 1.52. The van der Waals surface area contributed by atoms with Gasteiger partial charge in [0.25, 0.3) is 0 Å². The number of hydrogen-bond acceptors (Lipinski definition) is 2. The molecular formula is C13H16N2O2. The maximum absolute atomic E-state index is 11.6. The number of carbonyl (C=O) groups excluding carboxylic acids is 2. The van der Waals surface area contributed by atoms with Crippen molar-refractivity contribution in [3.8, 4) is 0 Å². The highest BCUT2D eigenvalue weighted by atomic mass is 16.2. The van der Waals surface area contributed by atoms with E-state index in [2.05, 4.69) is 10.6 Å². The number of aryl methyl sites for hydroxylation is 2. The summed E-state index contributed by atoms with van der Waals surface area (Å²) in [7, 11) is 0. The molecule has 17 heavy (non-hydrogen) atoms. The lowest BCUT2D eigenvalue weighted by molar-refractivity contribution is -0.136. The van der Waals surface area contributed by atoms with Crippen molar-refractivity contribution >= 4 is 17.5 Å². The van der Waals surface area contributed by atoms with Crippen molar-refractivity contribution in [3.05, 3.63) is 29.3 Å². The average molecular weight is 232 g/mol. The molecular weight excluding hydrogens is 216 g/mol. The molecule has 1 aromatic rings. The van der Waals surface area contributed by atoms with Crippen molar-refractivity contribution in [2.45, 2.75) is 32.7 Å². The van der Waals surface area contributed by atoms with E-state index in [1.54, 1.807) is 0 Å². The van der Waals surface area contributed by atoms with Crippen LogP contribution in [0, 0.1) is 13.8 Å². The summed E-state index contributed by atoms with van der Waals surface area (Å²) in [4.78, 5) is 23.0. The van der Waals surface area contributed by atoms with E-state index in [0.29, 0.717) is 5.69 Å². The van der Waals surface area contributed by atoms with Gasteiger partial charge in [0.2, 0.25) is 0 Å². The van der Waals surface area contributed by atoms with Gasteiger partial charge in [-0.25, -0.2) is 0 Å². The second-order valence-electron chi connectivity index (χ2n) is 4.58. The Morgan fingerprint density at radius 1 is 1.06 bits per heavy atom. The van der Waals surface area contributed by atoms with Crippen molar-refractivity contribution < 1.29 is 9.59 Å². The van der Waals surface area contributed by atoms with Crippen LogP contribution in [-0.2, 0) is 9.59 Å². The lowest BCUT2D eigenvalue weighted by atomic mass is 10.1. The second-order valence-corrected chi connectivity index (χ2v) is 4.58. The third kappa shape index (κ3) is 3.31. The van der Waals surface area contributed by atoms with Crippen LogP contribution >= 0.6 is 0 Å². The Kier molecular flexibility index (Phi) is 3.13. The quantitative estimate of drug-likeness (QED) is 0.759. The van der Waals surface area contributed by atoms with Crippen LogP contribution in [0.5, 0.6) is 0 Å². The van der Waals surface area contributed by atoms with Crippen molar-refractivity contribution in [2.75, 3.05) is 5.32 Å². The zero-order valence-corrected chi connectivity index (χ0v) is 10.0. The van der Waals surface area contributed by atoms with E-state index in [9.17, 15) is 9.59 Å². The minimum atomic E-state index is -0.595. The molecule has 0 unspecified atom stereocenters. The van der Waals surface area contributed by atoms with Crippen LogP contribution in [0.15, 0.2) is 18.2 Å². The third-order valence-corrected chi connectivity index (χ3v) is 2.60. The maximum Gasteiger partial charge on any atom is 0.313 e. The Balaban J connectivity index is 1.98. The number of hydrogen-bond donors (Lipinski definition) is 2. The Hall–Kier alpha value is -1.84. The molecule has 0 heterocycles. The van der Waals surface area contributed by atoms with Gasteiger partial charge in [0.15, 0.2) is 0 Å². The Morgan fingerprint density at radius 3 is 2.18 bits per heavy atom. The number of anilines is 1. The van der Waals surface area contributed by atoms with E-state index in [0.717, 1.165) is 24.0 Å². The van der Waals surface area contributed by atoms with Crippen molar-refractivity contribution in [1.29, 1.82) is 0 Å². The molecule has 90 valence electrons. The molecule has 1 saturated carbocycles. The molecule has 1 aromatic carbocycles. The summed E-state index contributed by atoms with van der Waals surface area (Å²) in [5, 5.41) is 5.26. The van der Waals surface area contributed by atoms with Gasteiger partial charge in [0.05, 0.1) is 0 Å². The molecule has 1 fully saturated rings. The lowest BCUT2D eigenvalue weighted by Gasteiger charge is -2.07. The summed E-state index contributed by atoms with van der Waals surface area (Å²) in [5.74, 6) is -1.14. The molecule has 2 rings (SSSR count). The average Bonchev–Trinajstić information content (AvgIpc) is 2.99. The first-order valence-corrected chi connectivity index (χ1v) is 5.75. The number of amides is 2. The van der Waals surface area contributed by atoms with Crippen LogP contribution in [0.4, 0.5) is 5.69 Å². The van der Waals surface area contributed by atoms with Crippen LogP contribution in [0.3, 0.4) is 0 Å². The molecule has 4 heteroatoms. The number of benzene rings is 1. The highest BCUT2D eigenvalue weighted by Crippen LogP contribution is 2.18. The van der Waals surface area contributed by atoms with Gasteiger partial charge >= 0.3 is 11.8 Å². The van der Waals surface area contributed by atoms with Crippen LogP contribution < -0.4 is 10.6 Å². The van der Waals surface area contributed by atoms with Gasteiger partial charge in [0.1, 0.15) is 0 Å². The number of nitrogens with one attached hydrogen (secondary N) is 2. The molecule has 1 aliphatic carbocycles. The molecule has 4 nitrogen and oxygen atoms in total. The topological polar surface area (TPSA) is 58.2 Å². The molecule has 0 radical (unpaired) electrons. The summed E-state index contributed by atoms with van der Waals surface area (Å²) in [6, 6.07) is 5.90. The van der Waals surface area contributed by atoms with Crippen molar-refractivity contribution in [1.82, 2.24) is 5.32 Å². The first-order chi connectivity index (χ1) is 8.04. The van der Waals surface area contributed by atoms with Gasteiger partial charge < -0.3 is 10.6 Å². The largest absolute Gasteiger partial charge is 0.345 e. The fourth-order valence-electron chi connectivity index (χ4n) is 1.71. The van der Waals surface area contributed by atoms with E-state index in [1.165, 1.54) is 0 Å². The minimum absolute atomic E-state index is 0.201. The van der Waals surface area contributed by atoms with Crippen LogP contribution in [0.1, 0.15) is 24.0 Å². The third-order valence-electron chi connectivity index (χ3n) is 2.60. The van der Waals surface area contributed by atoms with E-state index in [1.807, 2.05) is 32.0 Å². The standard InChI is InChI=1S/C13H16N2O2/c1-8-5-9(2)7-11(6-8)15-13(17)12(16)14-10-3-4-10/h5-7,10H,3-4H2,1-2H3,(H,14,16)(H,15,17). The highest BCUT2D eigenvalue weighted by molar-refractivity contribution is 6.39. The van der Waals surface area contributed by atoms with Gasteiger partial charge in [-0.05, 0) is 49.9 Å². The van der Waals surface area contributed by atoms with Gasteiger partial charge in [0, 0.05) is 11.7 Å². The monoisotopic (exact) mass is 232 g/mol. The first-order valence-electron chi connectivity index (χ1n) is 5.75. The molecule has 2 amide bonds. The second kappa shape index (κ2) is 4.57. The summed E-state index contributed by atoms with van der Waals surface area (Å²) >= 11 is 0. The molecule has 0 saturated heterocycles. The maximum atomic E-state index is 11.6. The molecule has 0 atom stereocenters. The molecule has 0 aromatic heterocycles. The predicted molar refractivity (Wildman–Crippen MR) is 65.7 cm³/mol. The van der Waals surface area contributed by atoms with Crippen LogP contribution in [0.2, 0.25) is 0 Å². The summed E-state index contributed by atoms with van der Waals surface area (Å²) in [6.07, 6.45) is 1.95. The fourth-order valence-corrected chi connectivity index (χ4v) is 1.71. The lowest BCUT2D eigenvalue weighted by Crippen LogP contribution is -2.36. The highest BCUT2D eigenvalue weighted by Gasteiger charge is 2.26. The molecule has 0 aliphatic heterocycles. The van der Waals surface area contributed by atoms with Gasteiger partial charge in [-0.1, -0.05) is 6.07 Å². The summed E-state index contributed by atoms with van der Waals surface area (Å²) in [5.41, 5.74) is 2.78. The molecule has 1 aliphatic rings. The molecule has 0 bridgehead atoms. The molecule has 2 N–H and O–H groups in total. The van der Waals surface area contributed by atoms with Crippen molar-refractivity contribution in [2.24, 2.45) is 0 Å². The SMILES string of the molecule is Cc1cc(C)cc(NC(=O)C(=O)NC2CC2)c1. The normalized spacial score (nSPS) is 14.2. The van der Waals surface area contributed by atoms with E-state index in [-0.39, 0.29) is 6.04 Å². The van der Waals surface area contributed by atoms with Gasteiger partial charge in [-0.2, -0.15) is 0 Å². The zero-order valence-electron chi connectivity index (χ0n) is 10.0. The molecule has 0 spiro atoms. The van der Waals surface area contributed by atoms with E-state index < -0.39 is 11.8 Å². The fraction of sp³-hybridized carbons (Fsp3) is 0.385. The zero-order chi connectivity index (χ0) is 12.4. The summed E-state index contributed by atoms with van der Waals surface area (Å²) < 4.78 is 0. The van der Waals surface area contributed by atoms with Gasteiger partial charge in [-0.3, -0.25) is 9.59 Å². The van der Waals surface area contributed by atoms with Crippen LogP contribution in [0.25, 0.3) is 0 Å². The number of rotatable bonds is 2. The van der Waals surface area contributed by atoms with Crippen molar-refractivity contribution in [3.63, 3.8) is 0 Å². The van der Waals surface area contributed by atoms with E-state index in [4.69, 9.17) is 0 Å². The minimum Gasteiger partial charge on any atom is -0.345 e. The smallest absolute Gasteiger partial charge is 0.313 e. The van der Waals surface area contributed by atoms with E-state index >= 15 is 0 Å². The Labute approximate surface area is 100 Å². The van der Waals surface area contributed by atoms with Gasteiger partial charge in [-0.15, -0.1) is 0 Å². The number of carbonyl (C=O) groups is 2. The Bertz CT molecular complexity index is 444. The first kappa shape index (κ1) is 11.6. The van der Waals surface area contributed by atoms with Crippen LogP contribution in [-0.4, -0.2) is 17.9 Å². The Morgan fingerprint density at radius 2 is 1.65 bits per heavy atom.